The summed E-state index contributed by atoms with van der Waals surface area (Å²) in [5.41, 5.74) is 2.96. The summed E-state index contributed by atoms with van der Waals surface area (Å²) in [7, 11) is 0. The van der Waals surface area contributed by atoms with Crippen LogP contribution in [0.1, 0.15) is 16.1 Å². The highest BCUT2D eigenvalue weighted by Crippen LogP contribution is 2.25. The number of aromatic nitrogens is 2. The van der Waals surface area contributed by atoms with E-state index >= 15 is 0 Å². The summed E-state index contributed by atoms with van der Waals surface area (Å²) < 4.78 is 2.78. The van der Waals surface area contributed by atoms with E-state index in [2.05, 4.69) is 20.9 Å². The lowest BCUT2D eigenvalue weighted by Gasteiger charge is -2.03. The van der Waals surface area contributed by atoms with Crippen molar-refractivity contribution in [3.63, 3.8) is 0 Å². The summed E-state index contributed by atoms with van der Waals surface area (Å²) in [6.45, 7) is 1.91. The number of nitrogens with zero attached hydrogens (tertiary/aromatic N) is 2. The van der Waals surface area contributed by atoms with Gasteiger partial charge in [0.25, 0.3) is 0 Å². The molecular formula is C15H11BrN2O2. The van der Waals surface area contributed by atoms with Crippen LogP contribution in [0.5, 0.6) is 0 Å². The molecule has 1 N–H and O–H groups in total. The minimum atomic E-state index is -0.946. The monoisotopic (exact) mass is 330 g/mol. The molecule has 0 aliphatic heterocycles. The summed E-state index contributed by atoms with van der Waals surface area (Å²) in [5, 5.41) is 9.12. The predicted octanol–water partition coefficient (Wildman–Crippen LogP) is 3.77. The number of hydrogen-bond acceptors (Lipinski definition) is 2. The fourth-order valence-corrected chi connectivity index (χ4v) is 2.60. The fraction of sp³-hybridized carbons (Fsp3) is 0.0667. The minimum absolute atomic E-state index is 0.242. The van der Waals surface area contributed by atoms with Crippen LogP contribution in [-0.4, -0.2) is 20.5 Å². The van der Waals surface area contributed by atoms with E-state index in [1.54, 1.807) is 18.3 Å². The van der Waals surface area contributed by atoms with Crippen LogP contribution in [-0.2, 0) is 0 Å². The molecule has 0 saturated carbocycles. The third-order valence-electron chi connectivity index (χ3n) is 3.15. The summed E-state index contributed by atoms with van der Waals surface area (Å²) in [6, 6.07) is 11.2. The molecule has 2 aromatic heterocycles. The normalized spacial score (nSPS) is 10.9. The molecule has 3 aromatic rings. The predicted molar refractivity (Wildman–Crippen MR) is 80.0 cm³/mol. The van der Waals surface area contributed by atoms with Crippen molar-refractivity contribution in [2.75, 3.05) is 0 Å². The molecule has 0 aliphatic carbocycles. The Morgan fingerprint density at radius 2 is 2.10 bits per heavy atom. The van der Waals surface area contributed by atoms with Gasteiger partial charge in [0, 0.05) is 16.2 Å². The smallest absolute Gasteiger partial charge is 0.337 e. The Hall–Kier alpha value is -2.14. The van der Waals surface area contributed by atoms with Crippen LogP contribution < -0.4 is 0 Å². The molecule has 4 nitrogen and oxygen atoms in total. The largest absolute Gasteiger partial charge is 0.478 e. The Morgan fingerprint density at radius 3 is 2.80 bits per heavy atom. The van der Waals surface area contributed by atoms with Crippen LogP contribution in [0.4, 0.5) is 0 Å². The summed E-state index contributed by atoms with van der Waals surface area (Å²) >= 11 is 3.44. The molecule has 0 unspecified atom stereocenters. The van der Waals surface area contributed by atoms with Gasteiger partial charge in [0.1, 0.15) is 5.82 Å². The van der Waals surface area contributed by atoms with Crippen molar-refractivity contribution in [3.8, 4) is 11.4 Å². The Labute approximate surface area is 123 Å². The number of carboxylic acids is 1. The van der Waals surface area contributed by atoms with Crippen molar-refractivity contribution < 1.29 is 9.90 Å². The number of carboxylic acid groups (broad SMARTS) is 1. The maximum atomic E-state index is 11.1. The van der Waals surface area contributed by atoms with Gasteiger partial charge in [-0.1, -0.05) is 28.1 Å². The van der Waals surface area contributed by atoms with E-state index in [-0.39, 0.29) is 5.56 Å². The van der Waals surface area contributed by atoms with Gasteiger partial charge < -0.3 is 5.11 Å². The average Bonchev–Trinajstić information content (AvgIpc) is 2.76. The summed E-state index contributed by atoms with van der Waals surface area (Å²) in [5.74, 6) is -0.208. The molecule has 0 bridgehead atoms. The number of fused-ring (bicyclic) bond motifs is 1. The van der Waals surface area contributed by atoms with Gasteiger partial charge in [-0.05, 0) is 31.2 Å². The van der Waals surface area contributed by atoms with E-state index < -0.39 is 5.97 Å². The van der Waals surface area contributed by atoms with E-state index in [0.29, 0.717) is 0 Å². The van der Waals surface area contributed by atoms with Crippen LogP contribution in [0.25, 0.3) is 16.9 Å². The first-order chi connectivity index (χ1) is 9.56. The number of halogens is 1. The molecule has 3 rings (SSSR count). The first-order valence-corrected chi connectivity index (χ1v) is 6.83. The highest BCUT2D eigenvalue weighted by atomic mass is 79.9. The zero-order valence-electron chi connectivity index (χ0n) is 10.7. The number of rotatable bonds is 2. The van der Waals surface area contributed by atoms with Crippen LogP contribution in [0, 0.1) is 6.92 Å². The number of aromatic carboxylic acids is 1. The minimum Gasteiger partial charge on any atom is -0.478 e. The molecule has 1 aromatic carbocycles. The second-order valence-electron chi connectivity index (χ2n) is 4.51. The Morgan fingerprint density at radius 1 is 1.30 bits per heavy atom. The summed E-state index contributed by atoms with van der Waals surface area (Å²) in [6.07, 6.45) is 1.61. The Balaban J connectivity index is 2.30. The van der Waals surface area contributed by atoms with Gasteiger partial charge in [0.2, 0.25) is 0 Å². The number of imidazole rings is 1. The maximum absolute atomic E-state index is 11.1. The molecule has 20 heavy (non-hydrogen) atoms. The zero-order chi connectivity index (χ0) is 14.3. The number of aryl methyl sites for hydroxylation is 1. The molecule has 0 saturated heterocycles. The van der Waals surface area contributed by atoms with E-state index in [0.717, 1.165) is 27.1 Å². The SMILES string of the molecule is Cc1nc(-c2cccc(Br)c2)n2cc(C(=O)O)ccc12. The van der Waals surface area contributed by atoms with Gasteiger partial charge in [-0.2, -0.15) is 0 Å². The lowest BCUT2D eigenvalue weighted by Crippen LogP contribution is -1.99. The maximum Gasteiger partial charge on any atom is 0.337 e. The van der Waals surface area contributed by atoms with Gasteiger partial charge in [-0.15, -0.1) is 0 Å². The number of pyridine rings is 1. The van der Waals surface area contributed by atoms with Crippen molar-refractivity contribution in [2.45, 2.75) is 6.92 Å². The molecule has 5 heteroatoms. The van der Waals surface area contributed by atoms with Crippen molar-refractivity contribution in [2.24, 2.45) is 0 Å². The molecule has 0 amide bonds. The Bertz CT molecular complexity index is 824. The standard InChI is InChI=1S/C15H11BrN2O2/c1-9-13-6-5-11(15(19)20)8-18(13)14(17-9)10-3-2-4-12(16)7-10/h2-8H,1H3,(H,19,20). The van der Waals surface area contributed by atoms with Gasteiger partial charge in [-0.3, -0.25) is 4.40 Å². The zero-order valence-corrected chi connectivity index (χ0v) is 12.3. The molecule has 0 fully saturated rings. The molecule has 0 spiro atoms. The third kappa shape index (κ3) is 2.10. The highest BCUT2D eigenvalue weighted by Gasteiger charge is 2.12. The average molecular weight is 331 g/mol. The Kier molecular flexibility index (Phi) is 3.06. The topological polar surface area (TPSA) is 54.6 Å². The molecule has 0 atom stereocenters. The summed E-state index contributed by atoms with van der Waals surface area (Å²) in [4.78, 5) is 15.7. The van der Waals surface area contributed by atoms with Crippen LogP contribution >= 0.6 is 15.9 Å². The fourth-order valence-electron chi connectivity index (χ4n) is 2.20. The molecule has 2 heterocycles. The second-order valence-corrected chi connectivity index (χ2v) is 5.43. The first-order valence-electron chi connectivity index (χ1n) is 6.04. The molecular weight excluding hydrogens is 320 g/mol. The van der Waals surface area contributed by atoms with E-state index in [9.17, 15) is 4.79 Å². The quantitative estimate of drug-likeness (QED) is 0.778. The molecule has 100 valence electrons. The van der Waals surface area contributed by atoms with Gasteiger partial charge in [0.15, 0.2) is 0 Å². The van der Waals surface area contributed by atoms with E-state index in [4.69, 9.17) is 5.11 Å². The number of carbonyl (C=O) groups is 1. The van der Waals surface area contributed by atoms with Crippen molar-refractivity contribution >= 4 is 27.4 Å². The van der Waals surface area contributed by atoms with E-state index in [1.807, 2.05) is 35.6 Å². The van der Waals surface area contributed by atoms with E-state index in [1.165, 1.54) is 0 Å². The molecule has 0 radical (unpaired) electrons. The highest BCUT2D eigenvalue weighted by molar-refractivity contribution is 9.10. The number of benzene rings is 1. The number of hydrogen-bond donors (Lipinski definition) is 1. The van der Waals surface area contributed by atoms with Gasteiger partial charge in [0.05, 0.1) is 16.8 Å². The molecule has 0 aliphatic rings. The van der Waals surface area contributed by atoms with Crippen molar-refractivity contribution in [3.05, 3.63) is 58.3 Å². The van der Waals surface area contributed by atoms with Gasteiger partial charge >= 0.3 is 5.97 Å². The van der Waals surface area contributed by atoms with Crippen molar-refractivity contribution in [1.82, 2.24) is 9.38 Å². The third-order valence-corrected chi connectivity index (χ3v) is 3.64. The van der Waals surface area contributed by atoms with Crippen LogP contribution in [0.3, 0.4) is 0 Å². The van der Waals surface area contributed by atoms with Gasteiger partial charge in [-0.25, -0.2) is 9.78 Å². The van der Waals surface area contributed by atoms with Crippen LogP contribution in [0.2, 0.25) is 0 Å². The van der Waals surface area contributed by atoms with Crippen molar-refractivity contribution in [1.29, 1.82) is 0 Å². The lowest BCUT2D eigenvalue weighted by molar-refractivity contribution is 0.0696. The first kappa shape index (κ1) is 12.9. The van der Waals surface area contributed by atoms with Crippen LogP contribution in [0.15, 0.2) is 47.1 Å². The lowest BCUT2D eigenvalue weighted by atomic mass is 10.2. The second kappa shape index (κ2) is 4.76.